The first-order valence-electron chi connectivity index (χ1n) is 6.81. The first kappa shape index (κ1) is 16.8. The fraction of sp³-hybridized carbons (Fsp3) is 0.533. The molecule has 1 unspecified atom stereocenters. The summed E-state index contributed by atoms with van der Waals surface area (Å²) in [5, 5.41) is 9.52. The van der Waals surface area contributed by atoms with Gasteiger partial charge >= 0.3 is 6.09 Å². The lowest BCUT2D eigenvalue weighted by Gasteiger charge is -2.44. The maximum atomic E-state index is 11.6. The van der Waals surface area contributed by atoms with E-state index in [1.54, 1.807) is 4.90 Å². The highest BCUT2D eigenvalue weighted by Gasteiger charge is 2.38. The number of nitrogens with two attached hydrogens (primary N) is 1. The summed E-state index contributed by atoms with van der Waals surface area (Å²) in [6, 6.07) is 9.84. The van der Waals surface area contributed by atoms with Gasteiger partial charge in [-0.25, -0.2) is 4.79 Å². The first-order valence-corrected chi connectivity index (χ1v) is 6.81. The van der Waals surface area contributed by atoms with Gasteiger partial charge in [0.05, 0.1) is 0 Å². The average molecular weight is 299 g/mol. The van der Waals surface area contributed by atoms with Gasteiger partial charge in [-0.1, -0.05) is 30.3 Å². The van der Waals surface area contributed by atoms with E-state index in [0.717, 1.165) is 31.2 Å². The zero-order valence-electron chi connectivity index (χ0n) is 11.8. The maximum Gasteiger partial charge on any atom is 0.408 e. The van der Waals surface area contributed by atoms with Crippen LogP contribution in [0.2, 0.25) is 0 Å². The molecule has 2 rings (SSSR count). The molecule has 0 aromatic heterocycles. The number of nitrogens with zero attached hydrogens (tertiary/aromatic N) is 1. The Morgan fingerprint density at radius 3 is 2.65 bits per heavy atom. The highest BCUT2D eigenvalue weighted by Crippen LogP contribution is 2.34. The molecule has 4 nitrogen and oxygen atoms in total. The fourth-order valence-corrected chi connectivity index (χ4v) is 3.01. The predicted molar refractivity (Wildman–Crippen MR) is 82.1 cm³/mol. The SMILES string of the molecule is CC1(N(Cc2ccccc2)C(=O)O)CCC[C@@H](N)C1.Cl. The Morgan fingerprint density at radius 2 is 2.10 bits per heavy atom. The molecule has 0 radical (unpaired) electrons. The van der Waals surface area contributed by atoms with Crippen molar-refractivity contribution < 1.29 is 9.90 Å². The van der Waals surface area contributed by atoms with Crippen LogP contribution >= 0.6 is 12.4 Å². The molecular weight excluding hydrogens is 276 g/mol. The summed E-state index contributed by atoms with van der Waals surface area (Å²) < 4.78 is 0. The summed E-state index contributed by atoms with van der Waals surface area (Å²) >= 11 is 0. The van der Waals surface area contributed by atoms with Gasteiger partial charge < -0.3 is 10.8 Å². The monoisotopic (exact) mass is 298 g/mol. The molecule has 1 saturated carbocycles. The van der Waals surface area contributed by atoms with E-state index in [-0.39, 0.29) is 24.0 Å². The maximum absolute atomic E-state index is 11.6. The van der Waals surface area contributed by atoms with Crippen LogP contribution in [0.1, 0.15) is 38.2 Å². The predicted octanol–water partition coefficient (Wildman–Crippen LogP) is 3.25. The Kier molecular flexibility index (Phi) is 5.84. The molecule has 1 amide bonds. The molecule has 3 N–H and O–H groups in total. The minimum atomic E-state index is -0.861. The lowest BCUT2D eigenvalue weighted by molar-refractivity contribution is 0.0506. The molecule has 0 spiro atoms. The first-order chi connectivity index (χ1) is 9.01. The second kappa shape index (κ2) is 6.95. The van der Waals surface area contributed by atoms with Crippen LogP contribution in [0.5, 0.6) is 0 Å². The third-order valence-electron chi connectivity index (χ3n) is 4.06. The van der Waals surface area contributed by atoms with Crippen molar-refractivity contribution in [2.45, 2.75) is 50.7 Å². The Labute approximate surface area is 126 Å². The van der Waals surface area contributed by atoms with E-state index in [2.05, 4.69) is 0 Å². The summed E-state index contributed by atoms with van der Waals surface area (Å²) in [4.78, 5) is 13.2. The lowest BCUT2D eigenvalue weighted by Crippen LogP contribution is -2.53. The van der Waals surface area contributed by atoms with Crippen LogP contribution in [0.4, 0.5) is 4.79 Å². The summed E-state index contributed by atoms with van der Waals surface area (Å²) in [6.45, 7) is 2.45. The van der Waals surface area contributed by atoms with Crippen LogP contribution < -0.4 is 5.73 Å². The van der Waals surface area contributed by atoms with Crippen molar-refractivity contribution in [2.75, 3.05) is 0 Å². The van der Waals surface area contributed by atoms with Crippen LogP contribution in [-0.2, 0) is 6.54 Å². The summed E-state index contributed by atoms with van der Waals surface area (Å²) in [6.07, 6.45) is 2.76. The van der Waals surface area contributed by atoms with Crippen LogP contribution in [0.3, 0.4) is 0 Å². The van der Waals surface area contributed by atoms with E-state index in [1.807, 2.05) is 37.3 Å². The van der Waals surface area contributed by atoms with Crippen LogP contribution in [-0.4, -0.2) is 27.7 Å². The van der Waals surface area contributed by atoms with Crippen LogP contribution in [0.15, 0.2) is 30.3 Å². The van der Waals surface area contributed by atoms with E-state index in [4.69, 9.17) is 5.73 Å². The van der Waals surface area contributed by atoms with Crippen molar-refractivity contribution in [3.8, 4) is 0 Å². The minimum absolute atomic E-state index is 0. The van der Waals surface area contributed by atoms with Crippen molar-refractivity contribution >= 4 is 18.5 Å². The fourth-order valence-electron chi connectivity index (χ4n) is 3.01. The van der Waals surface area contributed by atoms with Crippen molar-refractivity contribution in [3.05, 3.63) is 35.9 Å². The standard InChI is InChI=1S/C15H22N2O2.ClH/c1-15(9-5-8-13(16)10-15)17(14(18)19)11-12-6-3-2-4-7-12;/h2-4,6-7,13H,5,8-11,16H2,1H3,(H,18,19);1H/t13-,15?;/m1./s1. The van der Waals surface area contributed by atoms with Gasteiger partial charge in [-0.2, -0.15) is 0 Å². The van der Waals surface area contributed by atoms with Gasteiger partial charge in [0.25, 0.3) is 0 Å². The van der Waals surface area contributed by atoms with E-state index < -0.39 is 6.09 Å². The van der Waals surface area contributed by atoms with Crippen molar-refractivity contribution in [1.82, 2.24) is 4.90 Å². The second-order valence-electron chi connectivity index (χ2n) is 5.71. The van der Waals surface area contributed by atoms with Crippen LogP contribution in [0.25, 0.3) is 0 Å². The van der Waals surface area contributed by atoms with E-state index >= 15 is 0 Å². The summed E-state index contributed by atoms with van der Waals surface area (Å²) in [7, 11) is 0. The number of hydrogen-bond acceptors (Lipinski definition) is 2. The number of amides is 1. The van der Waals surface area contributed by atoms with Crippen molar-refractivity contribution in [3.63, 3.8) is 0 Å². The summed E-state index contributed by atoms with van der Waals surface area (Å²) in [5.41, 5.74) is 6.69. The Hall–Kier alpha value is -1.26. The zero-order chi connectivity index (χ0) is 13.9. The number of carbonyl (C=O) groups is 1. The molecule has 2 atom stereocenters. The van der Waals surface area contributed by atoms with Crippen molar-refractivity contribution in [2.24, 2.45) is 5.73 Å². The van der Waals surface area contributed by atoms with Crippen molar-refractivity contribution in [1.29, 1.82) is 0 Å². The molecule has 0 saturated heterocycles. The molecule has 0 bridgehead atoms. The van der Waals surface area contributed by atoms with Gasteiger partial charge in [-0.15, -0.1) is 12.4 Å². The molecule has 1 aromatic carbocycles. The molecule has 20 heavy (non-hydrogen) atoms. The van der Waals surface area contributed by atoms with Crippen LogP contribution in [0, 0.1) is 0 Å². The summed E-state index contributed by atoms with van der Waals surface area (Å²) in [5.74, 6) is 0. The number of halogens is 1. The third kappa shape index (κ3) is 3.87. The second-order valence-corrected chi connectivity index (χ2v) is 5.71. The smallest absolute Gasteiger partial charge is 0.408 e. The Balaban J connectivity index is 0.00000200. The number of rotatable bonds is 3. The topological polar surface area (TPSA) is 66.6 Å². The largest absolute Gasteiger partial charge is 0.465 e. The van der Waals surface area contributed by atoms with Gasteiger partial charge in [0, 0.05) is 18.1 Å². The van der Waals surface area contributed by atoms with E-state index in [0.29, 0.717) is 6.54 Å². The zero-order valence-corrected chi connectivity index (χ0v) is 12.6. The number of carboxylic acid groups (broad SMARTS) is 1. The molecule has 1 fully saturated rings. The third-order valence-corrected chi connectivity index (χ3v) is 4.06. The van der Waals surface area contributed by atoms with Gasteiger partial charge in [-0.05, 0) is 38.2 Å². The molecule has 0 aliphatic heterocycles. The number of hydrogen-bond donors (Lipinski definition) is 2. The normalized spacial score (nSPS) is 25.6. The Bertz CT molecular complexity index is 441. The molecule has 112 valence electrons. The molecule has 5 heteroatoms. The Morgan fingerprint density at radius 1 is 1.45 bits per heavy atom. The molecule has 1 aliphatic carbocycles. The highest BCUT2D eigenvalue weighted by molar-refractivity contribution is 5.85. The van der Waals surface area contributed by atoms with Gasteiger partial charge in [0.15, 0.2) is 0 Å². The van der Waals surface area contributed by atoms with E-state index in [9.17, 15) is 9.90 Å². The van der Waals surface area contributed by atoms with E-state index in [1.165, 1.54) is 0 Å². The van der Waals surface area contributed by atoms with Gasteiger partial charge in [0.1, 0.15) is 0 Å². The number of benzene rings is 1. The quantitative estimate of drug-likeness (QED) is 0.900. The molecule has 1 aliphatic rings. The molecular formula is C15H23ClN2O2. The average Bonchev–Trinajstić information content (AvgIpc) is 2.36. The molecule has 0 heterocycles. The minimum Gasteiger partial charge on any atom is -0.465 e. The molecule has 1 aromatic rings. The lowest BCUT2D eigenvalue weighted by atomic mass is 9.79. The highest BCUT2D eigenvalue weighted by atomic mass is 35.5. The van der Waals surface area contributed by atoms with Gasteiger partial charge in [-0.3, -0.25) is 4.90 Å². The van der Waals surface area contributed by atoms with Gasteiger partial charge in [0.2, 0.25) is 0 Å².